The summed E-state index contributed by atoms with van der Waals surface area (Å²) in [6.07, 6.45) is 3.90. The van der Waals surface area contributed by atoms with Crippen LogP contribution in [0.3, 0.4) is 0 Å². The SMILES string of the molecule is CC(C)NCC1CCCCN1c1nc2ccccc2s1. The summed E-state index contributed by atoms with van der Waals surface area (Å²) >= 11 is 1.83. The third-order valence-electron chi connectivity index (χ3n) is 3.92. The van der Waals surface area contributed by atoms with Gasteiger partial charge in [-0.1, -0.05) is 37.3 Å². The van der Waals surface area contributed by atoms with Crippen LogP contribution in [0.25, 0.3) is 10.2 Å². The Balaban J connectivity index is 1.81. The molecule has 1 unspecified atom stereocenters. The second-order valence-corrected chi connectivity index (χ2v) is 6.88. The third-order valence-corrected chi connectivity index (χ3v) is 4.99. The molecule has 2 aromatic rings. The van der Waals surface area contributed by atoms with E-state index in [-0.39, 0.29) is 0 Å². The molecule has 1 saturated heterocycles. The molecular weight excluding hydrogens is 266 g/mol. The Hall–Kier alpha value is -1.13. The number of benzene rings is 1. The van der Waals surface area contributed by atoms with Crippen molar-refractivity contribution < 1.29 is 0 Å². The lowest BCUT2D eigenvalue weighted by Gasteiger charge is -2.36. The van der Waals surface area contributed by atoms with Crippen molar-refractivity contribution in [2.75, 3.05) is 18.0 Å². The highest BCUT2D eigenvalue weighted by Gasteiger charge is 2.24. The van der Waals surface area contributed by atoms with E-state index in [4.69, 9.17) is 4.98 Å². The molecule has 0 radical (unpaired) electrons. The molecule has 1 fully saturated rings. The first kappa shape index (κ1) is 13.8. The highest BCUT2D eigenvalue weighted by atomic mass is 32.1. The van der Waals surface area contributed by atoms with Gasteiger partial charge in [-0.2, -0.15) is 0 Å². The molecule has 0 aliphatic carbocycles. The summed E-state index contributed by atoms with van der Waals surface area (Å²) in [5.74, 6) is 0. The number of fused-ring (bicyclic) bond motifs is 1. The number of thiazole rings is 1. The van der Waals surface area contributed by atoms with Crippen LogP contribution in [0.15, 0.2) is 24.3 Å². The van der Waals surface area contributed by atoms with Crippen LogP contribution in [0.1, 0.15) is 33.1 Å². The third kappa shape index (κ3) is 2.96. The summed E-state index contributed by atoms with van der Waals surface area (Å²) < 4.78 is 1.30. The summed E-state index contributed by atoms with van der Waals surface area (Å²) in [6, 6.07) is 9.58. The Morgan fingerprint density at radius 1 is 1.35 bits per heavy atom. The van der Waals surface area contributed by atoms with Crippen molar-refractivity contribution in [3.63, 3.8) is 0 Å². The van der Waals surface area contributed by atoms with E-state index in [0.29, 0.717) is 12.1 Å². The predicted octanol–water partition coefficient (Wildman–Crippen LogP) is 3.65. The molecule has 1 aromatic heterocycles. The van der Waals surface area contributed by atoms with Crippen LogP contribution < -0.4 is 10.2 Å². The number of nitrogens with one attached hydrogen (secondary N) is 1. The number of anilines is 1. The fourth-order valence-corrected chi connectivity index (χ4v) is 3.88. The van der Waals surface area contributed by atoms with Crippen LogP contribution in [0.2, 0.25) is 0 Å². The van der Waals surface area contributed by atoms with Crippen molar-refractivity contribution in [1.29, 1.82) is 0 Å². The van der Waals surface area contributed by atoms with Crippen molar-refractivity contribution in [3.05, 3.63) is 24.3 Å². The van der Waals surface area contributed by atoms with Gasteiger partial charge in [0.15, 0.2) is 5.13 Å². The van der Waals surface area contributed by atoms with Gasteiger partial charge in [-0.15, -0.1) is 0 Å². The zero-order valence-corrected chi connectivity index (χ0v) is 13.1. The molecule has 1 N–H and O–H groups in total. The maximum Gasteiger partial charge on any atom is 0.186 e. The van der Waals surface area contributed by atoms with Gasteiger partial charge in [0.2, 0.25) is 0 Å². The normalized spacial score (nSPS) is 19.9. The van der Waals surface area contributed by atoms with Gasteiger partial charge in [0.1, 0.15) is 0 Å². The van der Waals surface area contributed by atoms with E-state index in [2.05, 4.69) is 48.3 Å². The van der Waals surface area contributed by atoms with E-state index in [1.807, 2.05) is 11.3 Å². The Labute approximate surface area is 125 Å². The second-order valence-electron chi connectivity index (χ2n) is 5.87. The van der Waals surface area contributed by atoms with Gasteiger partial charge in [-0.25, -0.2) is 4.98 Å². The van der Waals surface area contributed by atoms with Gasteiger partial charge in [0.25, 0.3) is 0 Å². The molecule has 1 atom stereocenters. The number of para-hydroxylation sites is 1. The molecule has 1 aliphatic heterocycles. The molecule has 0 saturated carbocycles. The first-order valence-electron chi connectivity index (χ1n) is 7.59. The van der Waals surface area contributed by atoms with Crippen LogP contribution in [0.5, 0.6) is 0 Å². The van der Waals surface area contributed by atoms with Crippen LogP contribution >= 0.6 is 11.3 Å². The largest absolute Gasteiger partial charge is 0.344 e. The lowest BCUT2D eigenvalue weighted by molar-refractivity contribution is 0.421. The molecular formula is C16H23N3S. The lowest BCUT2D eigenvalue weighted by atomic mass is 10.0. The lowest BCUT2D eigenvalue weighted by Crippen LogP contribution is -2.46. The van der Waals surface area contributed by atoms with E-state index in [1.54, 1.807) is 0 Å². The minimum atomic E-state index is 0.550. The zero-order valence-electron chi connectivity index (χ0n) is 12.3. The van der Waals surface area contributed by atoms with E-state index >= 15 is 0 Å². The number of hydrogen-bond acceptors (Lipinski definition) is 4. The Kier molecular flexibility index (Phi) is 4.22. The minimum absolute atomic E-state index is 0.550. The van der Waals surface area contributed by atoms with E-state index in [0.717, 1.165) is 18.6 Å². The number of aromatic nitrogens is 1. The molecule has 0 amide bonds. The Morgan fingerprint density at radius 3 is 3.00 bits per heavy atom. The molecule has 0 bridgehead atoms. The molecule has 4 heteroatoms. The maximum atomic E-state index is 4.83. The predicted molar refractivity (Wildman–Crippen MR) is 87.7 cm³/mol. The number of rotatable bonds is 4. The molecule has 3 rings (SSSR count). The molecule has 20 heavy (non-hydrogen) atoms. The van der Waals surface area contributed by atoms with Gasteiger partial charge in [0.05, 0.1) is 10.2 Å². The van der Waals surface area contributed by atoms with Crippen molar-refractivity contribution in [2.45, 2.75) is 45.2 Å². The average molecular weight is 289 g/mol. The fraction of sp³-hybridized carbons (Fsp3) is 0.562. The van der Waals surface area contributed by atoms with Gasteiger partial charge in [-0.3, -0.25) is 0 Å². The van der Waals surface area contributed by atoms with Crippen molar-refractivity contribution in [2.24, 2.45) is 0 Å². The summed E-state index contributed by atoms with van der Waals surface area (Å²) in [5, 5.41) is 4.78. The quantitative estimate of drug-likeness (QED) is 0.931. The van der Waals surface area contributed by atoms with Gasteiger partial charge in [0, 0.05) is 25.2 Å². The fourth-order valence-electron chi connectivity index (χ4n) is 2.82. The smallest absolute Gasteiger partial charge is 0.186 e. The van der Waals surface area contributed by atoms with Gasteiger partial charge in [-0.05, 0) is 31.4 Å². The topological polar surface area (TPSA) is 28.2 Å². The first-order valence-corrected chi connectivity index (χ1v) is 8.41. The second kappa shape index (κ2) is 6.10. The van der Waals surface area contributed by atoms with Gasteiger partial charge < -0.3 is 10.2 Å². The summed E-state index contributed by atoms with van der Waals surface area (Å²) in [5.41, 5.74) is 1.13. The van der Waals surface area contributed by atoms with E-state index in [1.165, 1.54) is 29.1 Å². The van der Waals surface area contributed by atoms with Crippen LogP contribution in [0.4, 0.5) is 5.13 Å². The van der Waals surface area contributed by atoms with Crippen molar-refractivity contribution >= 4 is 26.7 Å². The molecule has 1 aromatic carbocycles. The minimum Gasteiger partial charge on any atom is -0.344 e. The summed E-state index contributed by atoms with van der Waals surface area (Å²) in [7, 11) is 0. The Bertz CT molecular complexity index is 531. The number of piperidine rings is 1. The van der Waals surface area contributed by atoms with Crippen LogP contribution in [-0.2, 0) is 0 Å². The Morgan fingerprint density at radius 2 is 2.20 bits per heavy atom. The van der Waals surface area contributed by atoms with E-state index in [9.17, 15) is 0 Å². The average Bonchev–Trinajstić information content (AvgIpc) is 2.89. The summed E-state index contributed by atoms with van der Waals surface area (Å²) in [6.45, 7) is 6.63. The molecule has 0 spiro atoms. The maximum absolute atomic E-state index is 4.83. The van der Waals surface area contributed by atoms with Gasteiger partial charge >= 0.3 is 0 Å². The number of nitrogens with zero attached hydrogens (tertiary/aromatic N) is 2. The van der Waals surface area contributed by atoms with Crippen LogP contribution in [0, 0.1) is 0 Å². The zero-order chi connectivity index (χ0) is 13.9. The first-order chi connectivity index (χ1) is 9.74. The molecule has 1 aliphatic rings. The standard InChI is InChI=1S/C16H23N3S/c1-12(2)17-11-13-7-5-6-10-19(13)16-18-14-8-3-4-9-15(14)20-16/h3-4,8-9,12-13,17H,5-7,10-11H2,1-2H3. The van der Waals surface area contributed by atoms with Crippen LogP contribution in [-0.4, -0.2) is 30.2 Å². The molecule has 3 nitrogen and oxygen atoms in total. The van der Waals surface area contributed by atoms with E-state index < -0.39 is 0 Å². The molecule has 108 valence electrons. The highest BCUT2D eigenvalue weighted by molar-refractivity contribution is 7.22. The monoisotopic (exact) mass is 289 g/mol. The summed E-state index contributed by atoms with van der Waals surface area (Å²) in [4.78, 5) is 7.35. The van der Waals surface area contributed by atoms with Crippen molar-refractivity contribution in [1.82, 2.24) is 10.3 Å². The number of hydrogen-bond donors (Lipinski definition) is 1. The highest BCUT2D eigenvalue weighted by Crippen LogP contribution is 2.32. The molecule has 2 heterocycles. The van der Waals surface area contributed by atoms with Crippen molar-refractivity contribution in [3.8, 4) is 0 Å².